The molecule has 6 heteroatoms. The number of ether oxygens (including phenoxy) is 1. The molecule has 0 saturated carbocycles. The van der Waals surface area contributed by atoms with Gasteiger partial charge in [-0.05, 0) is 92.1 Å². The SMILES string of the molecule is CCc1ccccc1-n1c(C)cc([C@H]2[C@H](c3ccccn3)NC(=S)N2c2ccc(OC)cc2)c1C. The van der Waals surface area contributed by atoms with Crippen molar-refractivity contribution in [3.8, 4) is 11.4 Å². The number of hydrogen-bond donors (Lipinski definition) is 1. The van der Waals surface area contributed by atoms with Crippen LogP contribution < -0.4 is 15.0 Å². The molecule has 2 aromatic heterocycles. The molecule has 0 amide bonds. The summed E-state index contributed by atoms with van der Waals surface area (Å²) in [6, 6.07) is 24.9. The van der Waals surface area contributed by atoms with Crippen molar-refractivity contribution < 1.29 is 4.74 Å². The maximum Gasteiger partial charge on any atom is 0.174 e. The maximum atomic E-state index is 5.90. The standard InChI is InChI=1S/C29H30N4OS/c1-5-21-10-6-7-12-26(21)32-19(2)18-24(20(32)3)28-27(25-11-8-9-17-30-25)31-29(35)33(28)22-13-15-23(34-4)16-14-22/h6-18,27-28H,5H2,1-4H3,(H,31,35)/t27-,28-/m0/s1. The topological polar surface area (TPSA) is 42.3 Å². The van der Waals surface area contributed by atoms with Gasteiger partial charge < -0.3 is 19.5 Å². The van der Waals surface area contributed by atoms with E-state index < -0.39 is 0 Å². The summed E-state index contributed by atoms with van der Waals surface area (Å²) < 4.78 is 7.76. The van der Waals surface area contributed by atoms with Crippen LogP contribution in [0.5, 0.6) is 5.75 Å². The summed E-state index contributed by atoms with van der Waals surface area (Å²) in [4.78, 5) is 6.91. The fourth-order valence-electron chi connectivity index (χ4n) is 5.18. The summed E-state index contributed by atoms with van der Waals surface area (Å²) in [7, 11) is 1.68. The van der Waals surface area contributed by atoms with Crippen molar-refractivity contribution in [1.29, 1.82) is 0 Å². The molecule has 1 aliphatic rings. The van der Waals surface area contributed by atoms with Gasteiger partial charge in [-0.3, -0.25) is 4.98 Å². The quantitative estimate of drug-likeness (QED) is 0.330. The fraction of sp³-hybridized carbons (Fsp3) is 0.241. The first-order chi connectivity index (χ1) is 17.0. The number of aromatic nitrogens is 2. The number of methoxy groups -OCH3 is 1. The van der Waals surface area contributed by atoms with Gasteiger partial charge in [-0.15, -0.1) is 0 Å². The molecule has 2 atom stereocenters. The Kier molecular flexibility index (Phi) is 6.31. The lowest BCUT2D eigenvalue weighted by molar-refractivity contribution is 0.415. The van der Waals surface area contributed by atoms with E-state index in [0.29, 0.717) is 5.11 Å². The van der Waals surface area contributed by atoms with E-state index in [9.17, 15) is 0 Å². The number of nitrogens with one attached hydrogen (secondary N) is 1. The minimum Gasteiger partial charge on any atom is -0.497 e. The van der Waals surface area contributed by atoms with Crippen molar-refractivity contribution in [3.05, 3.63) is 107 Å². The highest BCUT2D eigenvalue weighted by Crippen LogP contribution is 2.44. The second-order valence-electron chi connectivity index (χ2n) is 8.84. The molecule has 35 heavy (non-hydrogen) atoms. The average molecular weight is 483 g/mol. The van der Waals surface area contributed by atoms with Gasteiger partial charge in [0.2, 0.25) is 0 Å². The highest BCUT2D eigenvalue weighted by atomic mass is 32.1. The summed E-state index contributed by atoms with van der Waals surface area (Å²) >= 11 is 5.90. The van der Waals surface area contributed by atoms with Gasteiger partial charge in [0.25, 0.3) is 0 Å². The zero-order valence-electron chi connectivity index (χ0n) is 20.5. The minimum absolute atomic E-state index is 0.0560. The van der Waals surface area contributed by atoms with Gasteiger partial charge in [-0.25, -0.2) is 0 Å². The molecule has 0 aliphatic carbocycles. The third-order valence-electron chi connectivity index (χ3n) is 6.85. The Morgan fingerprint density at radius 1 is 1.00 bits per heavy atom. The predicted molar refractivity (Wildman–Crippen MR) is 146 cm³/mol. The lowest BCUT2D eigenvalue weighted by atomic mass is 9.96. The highest BCUT2D eigenvalue weighted by molar-refractivity contribution is 7.80. The first-order valence-electron chi connectivity index (χ1n) is 11.9. The molecule has 0 radical (unpaired) electrons. The lowest BCUT2D eigenvalue weighted by Gasteiger charge is -2.28. The van der Waals surface area contributed by atoms with Crippen LogP contribution in [0.2, 0.25) is 0 Å². The zero-order valence-corrected chi connectivity index (χ0v) is 21.3. The molecule has 0 unspecified atom stereocenters. The summed E-state index contributed by atoms with van der Waals surface area (Å²) in [6.45, 7) is 6.59. The van der Waals surface area contributed by atoms with Crippen LogP contribution in [-0.2, 0) is 6.42 Å². The fourth-order valence-corrected chi connectivity index (χ4v) is 5.52. The maximum absolute atomic E-state index is 5.90. The molecule has 3 heterocycles. The Morgan fingerprint density at radius 2 is 1.74 bits per heavy atom. The van der Waals surface area contributed by atoms with Crippen LogP contribution in [0.4, 0.5) is 5.69 Å². The van der Waals surface area contributed by atoms with Gasteiger partial charge in [0, 0.05) is 29.0 Å². The van der Waals surface area contributed by atoms with Gasteiger partial charge in [-0.1, -0.05) is 31.2 Å². The van der Waals surface area contributed by atoms with Gasteiger partial charge in [0.15, 0.2) is 5.11 Å². The number of pyridine rings is 1. The molecular formula is C29H30N4OS. The first kappa shape index (κ1) is 23.1. The van der Waals surface area contributed by atoms with Crippen LogP contribution in [0.15, 0.2) is 79.0 Å². The second-order valence-corrected chi connectivity index (χ2v) is 9.23. The van der Waals surface area contributed by atoms with Crippen molar-refractivity contribution in [2.24, 2.45) is 0 Å². The van der Waals surface area contributed by atoms with E-state index in [1.807, 2.05) is 30.5 Å². The number of benzene rings is 2. The normalized spacial score (nSPS) is 17.5. The lowest BCUT2D eigenvalue weighted by Crippen LogP contribution is -2.29. The van der Waals surface area contributed by atoms with Gasteiger partial charge in [0.1, 0.15) is 5.75 Å². The third kappa shape index (κ3) is 4.08. The van der Waals surface area contributed by atoms with Crippen molar-refractivity contribution in [2.75, 3.05) is 12.0 Å². The number of anilines is 1. The number of para-hydroxylation sites is 1. The van der Waals surface area contributed by atoms with E-state index in [1.165, 1.54) is 28.2 Å². The Hall–Kier alpha value is -3.64. The van der Waals surface area contributed by atoms with Crippen LogP contribution in [0, 0.1) is 13.8 Å². The van der Waals surface area contributed by atoms with Gasteiger partial charge in [0.05, 0.1) is 24.9 Å². The molecule has 0 spiro atoms. The van der Waals surface area contributed by atoms with Crippen LogP contribution in [0.3, 0.4) is 0 Å². The minimum atomic E-state index is -0.0822. The van der Waals surface area contributed by atoms with E-state index >= 15 is 0 Å². The summed E-state index contributed by atoms with van der Waals surface area (Å²) in [5.41, 5.74) is 8.18. The molecule has 0 bridgehead atoms. The molecule has 1 aliphatic heterocycles. The van der Waals surface area contributed by atoms with E-state index in [1.54, 1.807) is 7.11 Å². The Balaban J connectivity index is 1.68. The van der Waals surface area contributed by atoms with Crippen LogP contribution in [-0.4, -0.2) is 21.8 Å². The third-order valence-corrected chi connectivity index (χ3v) is 7.17. The summed E-state index contributed by atoms with van der Waals surface area (Å²) in [5, 5.41) is 4.26. The molecule has 4 aromatic rings. The number of hydrogen-bond acceptors (Lipinski definition) is 3. The van der Waals surface area contributed by atoms with Crippen molar-refractivity contribution in [1.82, 2.24) is 14.9 Å². The van der Waals surface area contributed by atoms with Crippen molar-refractivity contribution >= 4 is 23.0 Å². The Bertz CT molecular complexity index is 1350. The second kappa shape index (κ2) is 9.55. The predicted octanol–water partition coefficient (Wildman–Crippen LogP) is 6.24. The Labute approximate surface area is 212 Å². The smallest absolute Gasteiger partial charge is 0.174 e. The van der Waals surface area contributed by atoms with E-state index in [0.717, 1.165) is 23.6 Å². The van der Waals surface area contributed by atoms with Gasteiger partial charge >= 0.3 is 0 Å². The molecule has 178 valence electrons. The molecule has 5 nitrogen and oxygen atoms in total. The van der Waals surface area contributed by atoms with Crippen LogP contribution >= 0.6 is 12.2 Å². The molecule has 1 saturated heterocycles. The monoisotopic (exact) mass is 482 g/mol. The van der Waals surface area contributed by atoms with E-state index in [4.69, 9.17) is 21.9 Å². The van der Waals surface area contributed by atoms with Gasteiger partial charge in [-0.2, -0.15) is 0 Å². The van der Waals surface area contributed by atoms with Crippen molar-refractivity contribution in [3.63, 3.8) is 0 Å². The zero-order chi connectivity index (χ0) is 24.5. The number of rotatable bonds is 6. The van der Waals surface area contributed by atoms with Crippen LogP contribution in [0.25, 0.3) is 5.69 Å². The summed E-state index contributed by atoms with van der Waals surface area (Å²) in [5.74, 6) is 0.819. The number of thiocarbonyl (C=S) groups is 1. The largest absolute Gasteiger partial charge is 0.497 e. The highest BCUT2D eigenvalue weighted by Gasteiger charge is 2.42. The molecule has 5 rings (SSSR count). The molecule has 1 N–H and O–H groups in total. The number of nitrogens with zero attached hydrogens (tertiary/aromatic N) is 3. The van der Waals surface area contributed by atoms with E-state index in [2.05, 4.69) is 84.1 Å². The first-order valence-corrected chi connectivity index (χ1v) is 12.4. The molecular weight excluding hydrogens is 452 g/mol. The molecule has 1 fully saturated rings. The van der Waals surface area contributed by atoms with Crippen LogP contribution in [0.1, 0.15) is 47.2 Å². The van der Waals surface area contributed by atoms with E-state index in [-0.39, 0.29) is 12.1 Å². The number of aryl methyl sites for hydroxylation is 2. The average Bonchev–Trinajstić information content (AvgIpc) is 3.39. The molecule has 2 aromatic carbocycles. The Morgan fingerprint density at radius 3 is 2.43 bits per heavy atom. The summed E-state index contributed by atoms with van der Waals surface area (Å²) in [6.07, 6.45) is 2.82. The van der Waals surface area contributed by atoms with Crippen molar-refractivity contribution in [2.45, 2.75) is 39.3 Å².